The number of nitrogens with one attached hydrogen (secondary N) is 1. The van der Waals surface area contributed by atoms with Gasteiger partial charge in [-0.25, -0.2) is 0 Å². The van der Waals surface area contributed by atoms with Crippen LogP contribution in [0.5, 0.6) is 5.75 Å². The zero-order valence-corrected chi connectivity index (χ0v) is 12.9. The maximum Gasteiger partial charge on any atom is 0.133 e. The molecule has 1 heterocycles. The molecule has 0 bridgehead atoms. The third kappa shape index (κ3) is 3.48. The van der Waals surface area contributed by atoms with Gasteiger partial charge in [0.05, 0.1) is 17.7 Å². The van der Waals surface area contributed by atoms with E-state index in [1.165, 1.54) is 0 Å². The second-order valence-electron chi connectivity index (χ2n) is 4.94. The van der Waals surface area contributed by atoms with E-state index in [0.29, 0.717) is 26.1 Å². The first-order valence-electron chi connectivity index (χ1n) is 6.42. The standard InChI is InChI=1S/C14H20BrNO3/c1-10-14(17,5-6-19-10)9-16-8-11-3-4-13(18-2)12(15)7-11/h3-4,7,10,16-17H,5-6,8-9H2,1-2H3. The minimum atomic E-state index is -0.746. The van der Waals surface area contributed by atoms with Crippen molar-refractivity contribution in [2.24, 2.45) is 0 Å². The molecule has 1 saturated heterocycles. The van der Waals surface area contributed by atoms with Gasteiger partial charge in [0.2, 0.25) is 0 Å². The van der Waals surface area contributed by atoms with Crippen molar-refractivity contribution in [2.75, 3.05) is 20.3 Å². The number of aliphatic hydroxyl groups is 1. The van der Waals surface area contributed by atoms with Crippen molar-refractivity contribution >= 4 is 15.9 Å². The summed E-state index contributed by atoms with van der Waals surface area (Å²) in [4.78, 5) is 0. The molecule has 1 fully saturated rings. The monoisotopic (exact) mass is 329 g/mol. The summed E-state index contributed by atoms with van der Waals surface area (Å²) in [7, 11) is 1.65. The Morgan fingerprint density at radius 2 is 2.37 bits per heavy atom. The minimum absolute atomic E-state index is 0.109. The van der Waals surface area contributed by atoms with Crippen LogP contribution in [0.15, 0.2) is 22.7 Å². The van der Waals surface area contributed by atoms with E-state index in [-0.39, 0.29) is 6.10 Å². The van der Waals surface area contributed by atoms with E-state index in [9.17, 15) is 5.11 Å². The fourth-order valence-corrected chi connectivity index (χ4v) is 2.83. The summed E-state index contributed by atoms with van der Waals surface area (Å²) in [6.07, 6.45) is 0.579. The Bertz CT molecular complexity index is 441. The maximum atomic E-state index is 10.4. The first-order chi connectivity index (χ1) is 9.05. The van der Waals surface area contributed by atoms with Gasteiger partial charge in [-0.15, -0.1) is 0 Å². The fraction of sp³-hybridized carbons (Fsp3) is 0.571. The second-order valence-corrected chi connectivity index (χ2v) is 5.79. The molecule has 2 unspecified atom stereocenters. The predicted molar refractivity (Wildman–Crippen MR) is 77.4 cm³/mol. The van der Waals surface area contributed by atoms with E-state index in [1.807, 2.05) is 25.1 Å². The highest BCUT2D eigenvalue weighted by molar-refractivity contribution is 9.10. The second kappa shape index (κ2) is 6.22. The lowest BCUT2D eigenvalue weighted by Crippen LogP contribution is -2.45. The lowest BCUT2D eigenvalue weighted by atomic mass is 9.96. The third-order valence-corrected chi connectivity index (χ3v) is 4.26. The number of benzene rings is 1. The molecule has 1 aliphatic rings. The predicted octanol–water partition coefficient (Wildman–Crippen LogP) is 2.09. The highest BCUT2D eigenvalue weighted by Crippen LogP contribution is 2.26. The Labute approximate surface area is 122 Å². The van der Waals surface area contributed by atoms with E-state index in [2.05, 4.69) is 21.2 Å². The summed E-state index contributed by atoms with van der Waals surface area (Å²) < 4.78 is 11.5. The van der Waals surface area contributed by atoms with E-state index < -0.39 is 5.60 Å². The molecule has 2 rings (SSSR count). The number of methoxy groups -OCH3 is 1. The molecular formula is C14H20BrNO3. The van der Waals surface area contributed by atoms with Gasteiger partial charge in [0.25, 0.3) is 0 Å². The number of hydrogen-bond donors (Lipinski definition) is 2. The molecule has 0 saturated carbocycles. The molecule has 0 aliphatic carbocycles. The first kappa shape index (κ1) is 14.8. The van der Waals surface area contributed by atoms with Crippen molar-refractivity contribution in [1.29, 1.82) is 0 Å². The molecule has 19 heavy (non-hydrogen) atoms. The average Bonchev–Trinajstić information content (AvgIpc) is 2.70. The van der Waals surface area contributed by atoms with Gasteiger partial charge in [-0.3, -0.25) is 0 Å². The number of rotatable bonds is 5. The van der Waals surface area contributed by atoms with Crippen LogP contribution in [0.2, 0.25) is 0 Å². The molecule has 0 aromatic heterocycles. The molecule has 2 N–H and O–H groups in total. The maximum absolute atomic E-state index is 10.4. The lowest BCUT2D eigenvalue weighted by Gasteiger charge is -2.26. The lowest BCUT2D eigenvalue weighted by molar-refractivity contribution is -0.0262. The van der Waals surface area contributed by atoms with Crippen molar-refractivity contribution in [3.8, 4) is 5.75 Å². The van der Waals surface area contributed by atoms with Crippen LogP contribution in [0.25, 0.3) is 0 Å². The highest BCUT2D eigenvalue weighted by atomic mass is 79.9. The molecule has 0 radical (unpaired) electrons. The van der Waals surface area contributed by atoms with Gasteiger partial charge in [0, 0.05) is 26.1 Å². The van der Waals surface area contributed by atoms with Crippen LogP contribution in [0.3, 0.4) is 0 Å². The Balaban J connectivity index is 1.87. The average molecular weight is 330 g/mol. The summed E-state index contributed by atoms with van der Waals surface area (Å²) in [5, 5.41) is 13.6. The zero-order chi connectivity index (χ0) is 13.9. The van der Waals surface area contributed by atoms with E-state index in [4.69, 9.17) is 9.47 Å². The van der Waals surface area contributed by atoms with Crippen molar-refractivity contribution in [1.82, 2.24) is 5.32 Å². The third-order valence-electron chi connectivity index (χ3n) is 3.64. The van der Waals surface area contributed by atoms with Gasteiger partial charge in [-0.1, -0.05) is 6.07 Å². The Hall–Kier alpha value is -0.620. The Morgan fingerprint density at radius 3 is 2.95 bits per heavy atom. The van der Waals surface area contributed by atoms with Crippen LogP contribution >= 0.6 is 15.9 Å². The normalized spacial score (nSPS) is 26.6. The largest absolute Gasteiger partial charge is 0.496 e. The molecule has 1 aliphatic heterocycles. The summed E-state index contributed by atoms with van der Waals surface area (Å²) >= 11 is 3.46. The SMILES string of the molecule is COc1ccc(CNCC2(O)CCOC2C)cc1Br. The molecule has 1 aromatic rings. The molecule has 4 nitrogen and oxygen atoms in total. The van der Waals surface area contributed by atoms with Gasteiger partial charge >= 0.3 is 0 Å². The summed E-state index contributed by atoms with van der Waals surface area (Å²) in [5.41, 5.74) is 0.395. The van der Waals surface area contributed by atoms with Gasteiger partial charge in [0.1, 0.15) is 11.4 Å². The van der Waals surface area contributed by atoms with Crippen LogP contribution in [0.4, 0.5) is 0 Å². The smallest absolute Gasteiger partial charge is 0.133 e. The summed E-state index contributed by atoms with van der Waals surface area (Å²) in [6.45, 7) is 3.79. The summed E-state index contributed by atoms with van der Waals surface area (Å²) in [5.74, 6) is 0.820. The molecule has 1 aromatic carbocycles. The van der Waals surface area contributed by atoms with Crippen molar-refractivity contribution in [2.45, 2.75) is 31.6 Å². The van der Waals surface area contributed by atoms with Crippen LogP contribution in [-0.2, 0) is 11.3 Å². The fourth-order valence-electron chi connectivity index (χ4n) is 2.25. The van der Waals surface area contributed by atoms with Gasteiger partial charge < -0.3 is 19.9 Å². The molecule has 2 atom stereocenters. The molecule has 0 spiro atoms. The number of hydrogen-bond acceptors (Lipinski definition) is 4. The zero-order valence-electron chi connectivity index (χ0n) is 11.3. The van der Waals surface area contributed by atoms with Crippen molar-refractivity contribution in [3.05, 3.63) is 28.2 Å². The van der Waals surface area contributed by atoms with Gasteiger partial charge in [-0.05, 0) is 40.5 Å². The molecule has 5 heteroatoms. The van der Waals surface area contributed by atoms with Crippen molar-refractivity contribution in [3.63, 3.8) is 0 Å². The molecule has 106 valence electrons. The van der Waals surface area contributed by atoms with E-state index in [0.717, 1.165) is 15.8 Å². The topological polar surface area (TPSA) is 50.7 Å². The highest BCUT2D eigenvalue weighted by Gasteiger charge is 2.38. The van der Waals surface area contributed by atoms with Crippen LogP contribution in [0.1, 0.15) is 18.9 Å². The van der Waals surface area contributed by atoms with Gasteiger partial charge in [-0.2, -0.15) is 0 Å². The van der Waals surface area contributed by atoms with E-state index in [1.54, 1.807) is 7.11 Å². The minimum Gasteiger partial charge on any atom is -0.496 e. The van der Waals surface area contributed by atoms with Crippen LogP contribution in [-0.4, -0.2) is 37.1 Å². The Kier molecular flexibility index (Phi) is 4.84. The quantitative estimate of drug-likeness (QED) is 0.868. The van der Waals surface area contributed by atoms with Gasteiger partial charge in [0.15, 0.2) is 0 Å². The summed E-state index contributed by atoms with van der Waals surface area (Å²) in [6, 6.07) is 5.96. The number of ether oxygens (including phenoxy) is 2. The number of halogens is 1. The van der Waals surface area contributed by atoms with E-state index >= 15 is 0 Å². The Morgan fingerprint density at radius 1 is 1.58 bits per heavy atom. The van der Waals surface area contributed by atoms with Crippen LogP contribution in [0, 0.1) is 0 Å². The molecule has 0 amide bonds. The molecular weight excluding hydrogens is 310 g/mol. The first-order valence-corrected chi connectivity index (χ1v) is 7.21. The van der Waals surface area contributed by atoms with Crippen molar-refractivity contribution < 1.29 is 14.6 Å². The van der Waals surface area contributed by atoms with Crippen LogP contribution < -0.4 is 10.1 Å².